The fourth-order valence-corrected chi connectivity index (χ4v) is 9.97. The van der Waals surface area contributed by atoms with Crippen molar-refractivity contribution in [3.05, 3.63) is 101 Å². The normalized spacial score (nSPS) is 20.0. The van der Waals surface area contributed by atoms with Gasteiger partial charge in [0.15, 0.2) is 6.73 Å². The minimum absolute atomic E-state index is 0.000880. The second-order valence-corrected chi connectivity index (χ2v) is 20.5. The largest absolute Gasteiger partial charge is 0.513 e. The molecule has 372 valence electrons. The highest BCUT2D eigenvalue weighted by Gasteiger charge is 2.38. The van der Waals surface area contributed by atoms with E-state index in [1.54, 1.807) is 37.1 Å². The molecule has 2 aromatic heterocycles. The number of aromatic amines is 1. The van der Waals surface area contributed by atoms with Crippen LogP contribution in [0.1, 0.15) is 88.8 Å². The maximum atomic E-state index is 14.7. The monoisotopic (exact) mass is 952 g/mol. The van der Waals surface area contributed by atoms with Crippen molar-refractivity contribution >= 4 is 46.1 Å². The Balaban J connectivity index is 0.994. The molecule has 5 heterocycles. The summed E-state index contributed by atoms with van der Waals surface area (Å²) in [5.41, 5.74) is 2.41. The lowest BCUT2D eigenvalue weighted by Crippen LogP contribution is -2.60. The molecule has 3 fully saturated rings. The number of nitrogens with zero attached hydrogens (tertiary/aromatic N) is 6. The van der Waals surface area contributed by atoms with E-state index in [0.29, 0.717) is 75.5 Å². The first-order chi connectivity index (χ1) is 32.8. The number of aryl methyl sites for hydroxylation is 1. The second kappa shape index (κ2) is 21.6. The van der Waals surface area contributed by atoms with Crippen molar-refractivity contribution in [3.8, 4) is 0 Å². The van der Waals surface area contributed by atoms with Crippen LogP contribution in [-0.2, 0) is 36.9 Å². The fraction of sp³-hybridized carbons (Fsp3) is 0.538. The quantitative estimate of drug-likeness (QED) is 0.0651. The van der Waals surface area contributed by atoms with Crippen LogP contribution in [0.15, 0.2) is 78.8 Å². The summed E-state index contributed by atoms with van der Waals surface area (Å²) in [5, 5.41) is 9.56. The van der Waals surface area contributed by atoms with E-state index < -0.39 is 29.6 Å². The Kier molecular flexibility index (Phi) is 15.9. The van der Waals surface area contributed by atoms with E-state index in [2.05, 4.69) is 40.5 Å². The zero-order valence-electron chi connectivity index (χ0n) is 41.3. The minimum Gasteiger partial charge on any atom is -0.428 e. The Morgan fingerprint density at radius 1 is 0.855 bits per heavy atom. The number of aromatic nitrogens is 3. The lowest BCUT2D eigenvalue weighted by Gasteiger charge is -2.45. The van der Waals surface area contributed by atoms with E-state index >= 15 is 0 Å². The van der Waals surface area contributed by atoms with Crippen LogP contribution in [0.5, 0.6) is 0 Å². The molecule has 17 nitrogen and oxygen atoms in total. The summed E-state index contributed by atoms with van der Waals surface area (Å²) >= 11 is 0. The number of nitrogens with one attached hydrogen (secondary N) is 2. The van der Waals surface area contributed by atoms with Crippen molar-refractivity contribution in [2.45, 2.75) is 115 Å². The van der Waals surface area contributed by atoms with Gasteiger partial charge in [-0.2, -0.15) is 5.10 Å². The lowest BCUT2D eigenvalue weighted by atomic mass is 9.89. The van der Waals surface area contributed by atoms with Gasteiger partial charge in [0, 0.05) is 100 Å². The molecule has 2 N–H and O–H groups in total. The van der Waals surface area contributed by atoms with Crippen LogP contribution in [0.2, 0.25) is 0 Å². The molecule has 17 heteroatoms. The van der Waals surface area contributed by atoms with E-state index in [-0.39, 0.29) is 43.3 Å². The van der Waals surface area contributed by atoms with Gasteiger partial charge >= 0.3 is 18.3 Å². The number of hydrogen-bond donors (Lipinski definition) is 2. The van der Waals surface area contributed by atoms with Crippen molar-refractivity contribution < 1.29 is 42.6 Å². The number of pyridine rings is 1. The standard InChI is InChI=1S/C52H70N8O9/c1-9-19-51(4,5)68-49(64)66-34-59-33-40-30-37(29-36(3)45(40)55-59)31-44(54-48(63)58-21-15-38(16-22-58)42-32-39-13-11-12-14-43(39)53-46(42)61)47(62)57-25-23-56(24-26-57)41-17-27-60(8,28-18-41)35-67-50(65)69-52(6,7)20-10-2/h9-14,29-30,32-33,38,41,44H,1-2,15-28,31,34-35H2,3-8H3,(H-,53,54,61,63)/p+1. The molecule has 4 aromatic rings. The Labute approximate surface area is 404 Å². The third-order valence-corrected chi connectivity index (χ3v) is 13.9. The van der Waals surface area contributed by atoms with Crippen molar-refractivity contribution in [3.63, 3.8) is 0 Å². The molecule has 0 aliphatic carbocycles. The number of piperazine rings is 1. The average Bonchev–Trinajstić information content (AvgIpc) is 3.73. The highest BCUT2D eigenvalue weighted by molar-refractivity contribution is 5.88. The highest BCUT2D eigenvalue weighted by atomic mass is 16.7. The molecular weight excluding hydrogens is 881 g/mol. The van der Waals surface area contributed by atoms with Gasteiger partial charge in [0.1, 0.15) is 17.2 Å². The van der Waals surface area contributed by atoms with Crippen LogP contribution in [0.25, 0.3) is 21.8 Å². The predicted molar refractivity (Wildman–Crippen MR) is 263 cm³/mol. The van der Waals surface area contributed by atoms with Gasteiger partial charge in [-0.1, -0.05) is 36.4 Å². The lowest BCUT2D eigenvalue weighted by molar-refractivity contribution is -0.930. The molecule has 1 unspecified atom stereocenters. The number of ether oxygens (including phenoxy) is 4. The Morgan fingerprint density at radius 2 is 1.49 bits per heavy atom. The second-order valence-electron chi connectivity index (χ2n) is 20.5. The summed E-state index contributed by atoms with van der Waals surface area (Å²) in [6.45, 7) is 21.7. The van der Waals surface area contributed by atoms with Crippen LogP contribution in [0, 0.1) is 6.92 Å². The van der Waals surface area contributed by atoms with E-state index in [1.807, 2.05) is 68.1 Å². The van der Waals surface area contributed by atoms with Gasteiger partial charge in [0.05, 0.1) is 25.7 Å². The van der Waals surface area contributed by atoms with Crippen molar-refractivity contribution in [2.24, 2.45) is 0 Å². The predicted octanol–water partition coefficient (Wildman–Crippen LogP) is 7.37. The number of benzene rings is 2. The summed E-state index contributed by atoms with van der Waals surface area (Å²) < 4.78 is 24.0. The Hall–Kier alpha value is -6.20. The SMILES string of the molecule is C=CCC(C)(C)OC(=O)OCn1cc2cc(CC(NC(=O)N3CCC(c4cc5ccccc5[nH]c4=O)CC3)C(=O)N3CCN(C4CC[N+](C)(COC(=O)OC(C)(C)CC=C)CC4)CC3)cc(C)c2n1. The summed E-state index contributed by atoms with van der Waals surface area (Å²) in [7, 11) is 2.10. The summed E-state index contributed by atoms with van der Waals surface area (Å²) in [6, 6.07) is 12.8. The molecule has 0 spiro atoms. The topological polar surface area (TPSA) is 178 Å². The van der Waals surface area contributed by atoms with Crippen molar-refractivity contribution in [1.29, 1.82) is 0 Å². The molecule has 3 aliphatic rings. The average molecular weight is 952 g/mol. The maximum Gasteiger partial charge on any atom is 0.513 e. The van der Waals surface area contributed by atoms with Crippen LogP contribution in [-0.4, -0.2) is 148 Å². The zero-order valence-corrected chi connectivity index (χ0v) is 41.3. The van der Waals surface area contributed by atoms with Gasteiger partial charge in [0.2, 0.25) is 12.6 Å². The maximum absolute atomic E-state index is 14.7. The van der Waals surface area contributed by atoms with Crippen molar-refractivity contribution in [1.82, 2.24) is 34.8 Å². The number of amides is 3. The van der Waals surface area contributed by atoms with Gasteiger partial charge in [-0.25, -0.2) is 19.1 Å². The first-order valence-electron chi connectivity index (χ1n) is 24.3. The number of fused-ring (bicyclic) bond motifs is 2. The molecule has 3 saturated heterocycles. The Morgan fingerprint density at radius 3 is 2.14 bits per heavy atom. The number of hydrogen-bond acceptors (Lipinski definition) is 11. The number of piperidine rings is 2. The van der Waals surface area contributed by atoms with Crippen molar-refractivity contribution in [2.75, 3.05) is 66.1 Å². The van der Waals surface area contributed by atoms with Crippen LogP contribution >= 0.6 is 0 Å². The fourth-order valence-electron chi connectivity index (χ4n) is 9.97. The number of carbonyl (C=O) groups is 4. The smallest absolute Gasteiger partial charge is 0.428 e. The molecule has 3 amide bonds. The van der Waals surface area contributed by atoms with Crippen LogP contribution in [0.3, 0.4) is 0 Å². The molecule has 0 bridgehead atoms. The molecular formula is C52H71N8O9+. The molecule has 0 radical (unpaired) electrons. The summed E-state index contributed by atoms with van der Waals surface area (Å²) in [6.07, 6.45) is 8.05. The molecule has 3 aliphatic heterocycles. The first-order valence-corrected chi connectivity index (χ1v) is 24.3. The molecule has 7 rings (SSSR count). The third kappa shape index (κ3) is 13.1. The third-order valence-electron chi connectivity index (χ3n) is 13.9. The number of rotatable bonds is 16. The molecule has 69 heavy (non-hydrogen) atoms. The highest BCUT2D eigenvalue weighted by Crippen LogP contribution is 2.29. The number of H-pyrrole nitrogens is 1. The first kappa shape index (κ1) is 50.7. The van der Waals surface area contributed by atoms with Gasteiger partial charge < -0.3 is 39.0 Å². The van der Waals surface area contributed by atoms with Gasteiger partial charge in [-0.05, 0) is 88.1 Å². The molecule has 2 aromatic carbocycles. The van der Waals surface area contributed by atoms with Crippen LogP contribution in [0.4, 0.5) is 14.4 Å². The molecule has 0 saturated carbocycles. The van der Waals surface area contributed by atoms with Gasteiger partial charge in [-0.15, -0.1) is 13.2 Å². The Bertz CT molecular complexity index is 2560. The number of urea groups is 1. The van der Waals surface area contributed by atoms with E-state index in [4.69, 9.17) is 18.9 Å². The van der Waals surface area contributed by atoms with E-state index in [0.717, 1.165) is 64.4 Å². The molecule has 1 atom stereocenters. The van der Waals surface area contributed by atoms with E-state index in [1.165, 1.54) is 4.68 Å². The minimum atomic E-state index is -0.851. The summed E-state index contributed by atoms with van der Waals surface area (Å²) in [4.78, 5) is 76.0. The summed E-state index contributed by atoms with van der Waals surface area (Å²) in [5.74, 6) is -0.144. The number of carbonyl (C=O) groups excluding carboxylic acids is 4. The van der Waals surface area contributed by atoms with Crippen LogP contribution < -0.4 is 10.9 Å². The number of para-hydroxylation sites is 1. The number of quaternary nitrogens is 1. The van der Waals surface area contributed by atoms with Gasteiger partial charge in [-0.3, -0.25) is 19.0 Å². The zero-order chi connectivity index (χ0) is 49.5. The van der Waals surface area contributed by atoms with Gasteiger partial charge in [0.25, 0.3) is 5.56 Å². The van der Waals surface area contributed by atoms with E-state index in [9.17, 15) is 24.0 Å². The number of likely N-dealkylation sites (tertiary alicyclic amines) is 2.